The second-order valence-corrected chi connectivity index (χ2v) is 8.62. The smallest absolute Gasteiger partial charge is 0.309 e. The maximum Gasteiger partial charge on any atom is 0.309 e. The number of piperidine rings is 1. The second-order valence-electron chi connectivity index (χ2n) is 6.80. The molecule has 3 rings (SSSR count). The Morgan fingerprint density at radius 1 is 1.25 bits per heavy atom. The molecule has 1 aliphatic carbocycles. The van der Waals surface area contributed by atoms with Gasteiger partial charge in [-0.1, -0.05) is 29.8 Å². The van der Waals surface area contributed by atoms with Crippen molar-refractivity contribution in [1.29, 1.82) is 0 Å². The number of hydrogen-bond donors (Lipinski definition) is 0. The largest absolute Gasteiger partial charge is 0.469 e. The van der Waals surface area contributed by atoms with E-state index in [1.54, 1.807) is 6.08 Å². The van der Waals surface area contributed by atoms with Gasteiger partial charge < -0.3 is 4.74 Å². The molecule has 1 heterocycles. The van der Waals surface area contributed by atoms with E-state index in [1.165, 1.54) is 16.8 Å². The molecule has 24 heavy (non-hydrogen) atoms. The Kier molecular flexibility index (Phi) is 4.53. The van der Waals surface area contributed by atoms with E-state index in [0.717, 1.165) is 30.4 Å². The fourth-order valence-corrected chi connectivity index (χ4v) is 4.68. The number of nitrogens with zero attached hydrogens (tertiary/aromatic N) is 1. The van der Waals surface area contributed by atoms with Gasteiger partial charge >= 0.3 is 5.97 Å². The molecule has 1 atom stereocenters. The first-order valence-corrected chi connectivity index (χ1v) is 9.69. The molecule has 2 fully saturated rings. The summed E-state index contributed by atoms with van der Waals surface area (Å²) in [6, 6.07) is 7.71. The molecule has 1 aliphatic heterocycles. The molecule has 0 radical (unpaired) electrons. The lowest BCUT2D eigenvalue weighted by atomic mass is 9.92. The number of carbonyl (C=O) groups excluding carboxylic acids is 1. The van der Waals surface area contributed by atoms with Gasteiger partial charge in [0.05, 0.1) is 13.0 Å². The maximum atomic E-state index is 12.5. The predicted octanol–water partition coefficient (Wildman–Crippen LogP) is 2.57. The van der Waals surface area contributed by atoms with Crippen LogP contribution in [0.2, 0.25) is 0 Å². The fraction of sp³-hybridized carbons (Fsp3) is 0.500. The highest BCUT2D eigenvalue weighted by molar-refractivity contribution is 7.92. The van der Waals surface area contributed by atoms with Gasteiger partial charge in [-0.25, -0.2) is 8.42 Å². The van der Waals surface area contributed by atoms with E-state index in [9.17, 15) is 13.2 Å². The van der Waals surface area contributed by atoms with Crippen LogP contribution < -0.4 is 0 Å². The van der Waals surface area contributed by atoms with E-state index in [1.807, 2.05) is 31.2 Å². The van der Waals surface area contributed by atoms with Crippen LogP contribution in [0.4, 0.5) is 0 Å². The van der Waals surface area contributed by atoms with Crippen molar-refractivity contribution in [3.63, 3.8) is 0 Å². The van der Waals surface area contributed by atoms with Gasteiger partial charge in [0, 0.05) is 18.5 Å². The van der Waals surface area contributed by atoms with Crippen molar-refractivity contribution in [3.8, 4) is 0 Å². The summed E-state index contributed by atoms with van der Waals surface area (Å²) in [7, 11) is -2.01. The molecule has 0 bridgehead atoms. The lowest BCUT2D eigenvalue weighted by molar-refractivity contribution is -0.143. The number of esters is 1. The third-order valence-corrected chi connectivity index (χ3v) is 6.83. The third-order valence-electron chi connectivity index (χ3n) is 5.26. The van der Waals surface area contributed by atoms with E-state index < -0.39 is 10.0 Å². The SMILES string of the molecule is COC(=O)C1CC12CCN(S(=O)(=O)C=Cc1ccc(C)cc1)CC2. The molecular weight excluding hydrogens is 326 g/mol. The highest BCUT2D eigenvalue weighted by Crippen LogP contribution is 2.59. The Hall–Kier alpha value is -1.66. The standard InChI is InChI=1S/C18H23NO4S/c1-14-3-5-15(6-4-14)7-12-24(21,22)19-10-8-18(9-11-19)13-16(18)17(20)23-2/h3-7,12,16H,8-11,13H2,1-2H3. The highest BCUT2D eigenvalue weighted by Gasteiger charge is 2.59. The van der Waals surface area contributed by atoms with Gasteiger partial charge in [0.1, 0.15) is 0 Å². The molecule has 5 nitrogen and oxygen atoms in total. The first-order chi connectivity index (χ1) is 11.4. The van der Waals surface area contributed by atoms with Gasteiger partial charge in [-0.3, -0.25) is 4.79 Å². The summed E-state index contributed by atoms with van der Waals surface area (Å²) in [5.74, 6) is -0.207. The molecule has 2 aliphatic rings. The van der Waals surface area contributed by atoms with Crippen molar-refractivity contribution in [2.24, 2.45) is 11.3 Å². The summed E-state index contributed by atoms with van der Waals surface area (Å²) in [6.07, 6.45) is 3.91. The molecule has 1 aromatic carbocycles. The molecular formula is C18H23NO4S. The summed E-state index contributed by atoms with van der Waals surface area (Å²) in [5, 5.41) is 1.28. The van der Waals surface area contributed by atoms with Crippen molar-refractivity contribution in [2.75, 3.05) is 20.2 Å². The number of carbonyl (C=O) groups is 1. The topological polar surface area (TPSA) is 63.7 Å². The monoisotopic (exact) mass is 349 g/mol. The van der Waals surface area contributed by atoms with Crippen LogP contribution in [0, 0.1) is 18.3 Å². The fourth-order valence-electron chi connectivity index (χ4n) is 3.49. The van der Waals surface area contributed by atoms with Gasteiger partial charge in [-0.2, -0.15) is 4.31 Å². The average molecular weight is 349 g/mol. The number of sulfonamides is 1. The van der Waals surface area contributed by atoms with Crippen LogP contribution in [0.1, 0.15) is 30.4 Å². The molecule has 130 valence electrons. The van der Waals surface area contributed by atoms with E-state index in [2.05, 4.69) is 0 Å². The minimum absolute atomic E-state index is 0.0280. The van der Waals surface area contributed by atoms with Crippen molar-refractivity contribution >= 4 is 22.1 Å². The lowest BCUT2D eigenvalue weighted by Crippen LogP contribution is -2.39. The summed E-state index contributed by atoms with van der Waals surface area (Å²) in [4.78, 5) is 11.6. The molecule has 1 aromatic rings. The van der Waals surface area contributed by atoms with Crippen molar-refractivity contribution in [2.45, 2.75) is 26.2 Å². The number of rotatable bonds is 4. The van der Waals surface area contributed by atoms with Crippen LogP contribution in [-0.4, -0.2) is 38.9 Å². The molecule has 1 saturated heterocycles. The summed E-state index contributed by atoms with van der Waals surface area (Å²) in [5.41, 5.74) is 1.98. The number of methoxy groups -OCH3 is 1. The number of hydrogen-bond acceptors (Lipinski definition) is 4. The summed E-state index contributed by atoms with van der Waals surface area (Å²) < 4.78 is 31.3. The Bertz CT molecular complexity index is 744. The molecule has 0 aromatic heterocycles. The minimum atomic E-state index is -3.42. The molecule has 1 spiro atoms. The number of aryl methyl sites for hydroxylation is 1. The highest BCUT2D eigenvalue weighted by atomic mass is 32.2. The third kappa shape index (κ3) is 3.39. The Morgan fingerprint density at radius 3 is 2.46 bits per heavy atom. The molecule has 1 saturated carbocycles. The Balaban J connectivity index is 1.61. The van der Waals surface area contributed by atoms with Gasteiger partial charge in [0.2, 0.25) is 10.0 Å². The van der Waals surface area contributed by atoms with Crippen LogP contribution in [0.5, 0.6) is 0 Å². The van der Waals surface area contributed by atoms with E-state index >= 15 is 0 Å². The van der Waals surface area contributed by atoms with Crippen LogP contribution in [-0.2, 0) is 19.6 Å². The second kappa shape index (κ2) is 6.33. The zero-order valence-corrected chi connectivity index (χ0v) is 14.9. The molecule has 6 heteroatoms. The van der Waals surface area contributed by atoms with Crippen LogP contribution >= 0.6 is 0 Å². The van der Waals surface area contributed by atoms with E-state index in [0.29, 0.717) is 13.1 Å². The minimum Gasteiger partial charge on any atom is -0.469 e. The zero-order chi connectivity index (χ0) is 17.4. The Labute approximate surface area is 143 Å². The maximum absolute atomic E-state index is 12.5. The van der Waals surface area contributed by atoms with Crippen LogP contribution in [0.25, 0.3) is 6.08 Å². The quantitative estimate of drug-likeness (QED) is 0.784. The zero-order valence-electron chi connectivity index (χ0n) is 14.1. The van der Waals surface area contributed by atoms with E-state index in [4.69, 9.17) is 4.74 Å². The first kappa shape index (κ1) is 17.2. The lowest BCUT2D eigenvalue weighted by Gasteiger charge is -2.31. The predicted molar refractivity (Wildman–Crippen MR) is 92.5 cm³/mol. The number of benzene rings is 1. The van der Waals surface area contributed by atoms with Gasteiger partial charge in [0.25, 0.3) is 0 Å². The van der Waals surface area contributed by atoms with Crippen molar-refractivity contribution in [3.05, 3.63) is 40.8 Å². The summed E-state index contributed by atoms with van der Waals surface area (Å²) in [6.45, 7) is 2.93. The molecule has 1 unspecified atom stereocenters. The average Bonchev–Trinajstić information content (AvgIpc) is 3.27. The van der Waals surface area contributed by atoms with Crippen LogP contribution in [0.3, 0.4) is 0 Å². The Morgan fingerprint density at radius 2 is 1.88 bits per heavy atom. The van der Waals surface area contributed by atoms with Crippen LogP contribution in [0.15, 0.2) is 29.7 Å². The summed E-state index contributed by atoms with van der Waals surface area (Å²) >= 11 is 0. The van der Waals surface area contributed by atoms with Crippen molar-refractivity contribution in [1.82, 2.24) is 4.31 Å². The normalized spacial score (nSPS) is 23.5. The van der Waals surface area contributed by atoms with Gasteiger partial charge in [-0.15, -0.1) is 0 Å². The van der Waals surface area contributed by atoms with Gasteiger partial charge in [-0.05, 0) is 43.2 Å². The molecule has 0 N–H and O–H groups in total. The first-order valence-electron chi connectivity index (χ1n) is 8.19. The number of ether oxygens (including phenoxy) is 1. The molecule has 0 amide bonds. The van der Waals surface area contributed by atoms with Gasteiger partial charge in [0.15, 0.2) is 0 Å². The van der Waals surface area contributed by atoms with E-state index in [-0.39, 0.29) is 17.3 Å². The van der Waals surface area contributed by atoms with Crippen molar-refractivity contribution < 1.29 is 17.9 Å².